The van der Waals surface area contributed by atoms with Crippen LogP contribution in [0.5, 0.6) is 0 Å². The van der Waals surface area contributed by atoms with Crippen LogP contribution in [-0.2, 0) is 6.54 Å². The Morgan fingerprint density at radius 3 is 2.28 bits per heavy atom. The van der Waals surface area contributed by atoms with Crippen LogP contribution in [0.15, 0.2) is 42.7 Å². The van der Waals surface area contributed by atoms with Gasteiger partial charge in [0.05, 0.1) is 5.52 Å². The molecular weight excluding hydrogens is 515 g/mol. The average molecular weight is 539 g/mol. The van der Waals surface area contributed by atoms with Crippen LogP contribution in [0, 0.1) is 36.0 Å². The van der Waals surface area contributed by atoms with E-state index in [9.17, 15) is 26.7 Å². The number of benzene rings is 3. The Bertz CT molecular complexity index is 1610. The van der Waals surface area contributed by atoms with Gasteiger partial charge in [-0.3, -0.25) is 4.79 Å². The summed E-state index contributed by atoms with van der Waals surface area (Å²) >= 11 is 0. The summed E-state index contributed by atoms with van der Waals surface area (Å²) in [6.45, 7) is 1.90. The van der Waals surface area contributed by atoms with Gasteiger partial charge in [-0.25, -0.2) is 31.9 Å². The number of hydrogen-bond acceptors (Lipinski definition) is 4. The van der Waals surface area contributed by atoms with Crippen molar-refractivity contribution in [2.45, 2.75) is 51.2 Å². The first kappa shape index (κ1) is 25.2. The monoisotopic (exact) mass is 538 g/mol. The molecule has 3 aromatic carbocycles. The standard InChI is InChI=1S/C29H23F5N4O/c1-14-9-21-20(28(36-13-35-21)37-17-5-6-17)11-19(14)16-4-2-3-15(10-16)12-38(18-7-8-18)29(39)22-23(30)25(32)27(34)26(33)24(22)31/h2-4,9-11,13,17-18H,5-8,12H2,1H3,(H,35,36,37). The molecule has 0 bridgehead atoms. The largest absolute Gasteiger partial charge is 0.367 e. The maximum absolute atomic E-state index is 14.4. The van der Waals surface area contributed by atoms with Crippen LogP contribution in [0.1, 0.15) is 47.2 Å². The van der Waals surface area contributed by atoms with Crippen LogP contribution in [-0.4, -0.2) is 32.9 Å². The summed E-state index contributed by atoms with van der Waals surface area (Å²) in [5.74, 6) is -11.3. The lowest BCUT2D eigenvalue weighted by molar-refractivity contribution is 0.0716. The fourth-order valence-electron chi connectivity index (χ4n) is 4.78. The first-order chi connectivity index (χ1) is 18.7. The second-order valence-electron chi connectivity index (χ2n) is 10.1. The van der Waals surface area contributed by atoms with Crippen molar-refractivity contribution in [3.05, 3.63) is 88.5 Å². The van der Waals surface area contributed by atoms with Crippen molar-refractivity contribution in [2.24, 2.45) is 0 Å². The number of halogens is 5. The van der Waals surface area contributed by atoms with E-state index < -0.39 is 40.6 Å². The average Bonchev–Trinajstić information content (AvgIpc) is 3.85. The third-order valence-electron chi connectivity index (χ3n) is 7.16. The maximum Gasteiger partial charge on any atom is 0.260 e. The highest BCUT2D eigenvalue weighted by Gasteiger charge is 2.38. The lowest BCUT2D eigenvalue weighted by Crippen LogP contribution is -2.34. The third kappa shape index (κ3) is 4.68. The fourth-order valence-corrected chi connectivity index (χ4v) is 4.78. The molecule has 1 amide bonds. The zero-order valence-electron chi connectivity index (χ0n) is 20.9. The van der Waals surface area contributed by atoms with Crippen LogP contribution in [0.25, 0.3) is 22.0 Å². The second-order valence-corrected chi connectivity index (χ2v) is 10.1. The minimum Gasteiger partial charge on any atom is -0.367 e. The van der Waals surface area contributed by atoms with Gasteiger partial charge < -0.3 is 10.2 Å². The molecule has 0 saturated heterocycles. The fraction of sp³-hybridized carbons (Fsp3) is 0.276. The highest BCUT2D eigenvalue weighted by Crippen LogP contribution is 2.35. The number of hydrogen-bond donors (Lipinski definition) is 1. The lowest BCUT2D eigenvalue weighted by atomic mass is 9.96. The van der Waals surface area contributed by atoms with Gasteiger partial charge in [-0.15, -0.1) is 0 Å². The number of nitrogens with one attached hydrogen (secondary N) is 1. The molecule has 1 heterocycles. The van der Waals surface area contributed by atoms with Gasteiger partial charge in [-0.05, 0) is 73.1 Å². The van der Waals surface area contributed by atoms with E-state index in [-0.39, 0.29) is 12.6 Å². The van der Waals surface area contributed by atoms with Gasteiger partial charge >= 0.3 is 0 Å². The third-order valence-corrected chi connectivity index (χ3v) is 7.16. The summed E-state index contributed by atoms with van der Waals surface area (Å²) in [6.07, 6.45) is 4.85. The Morgan fingerprint density at radius 1 is 0.923 bits per heavy atom. The molecule has 2 saturated carbocycles. The van der Waals surface area contributed by atoms with Crippen molar-refractivity contribution in [1.82, 2.24) is 14.9 Å². The molecule has 0 radical (unpaired) electrons. The Balaban J connectivity index is 1.34. The minimum absolute atomic E-state index is 0.0545. The zero-order chi connectivity index (χ0) is 27.4. The number of aromatic nitrogens is 2. The van der Waals surface area contributed by atoms with E-state index in [0.717, 1.165) is 46.3 Å². The molecule has 0 atom stereocenters. The van der Waals surface area contributed by atoms with Gasteiger partial charge in [0, 0.05) is 24.0 Å². The molecular formula is C29H23F5N4O. The van der Waals surface area contributed by atoms with Gasteiger partial charge in [0.1, 0.15) is 17.7 Å². The summed E-state index contributed by atoms with van der Waals surface area (Å²) in [7, 11) is 0. The Kier molecular flexibility index (Phi) is 6.20. The van der Waals surface area contributed by atoms with Crippen molar-refractivity contribution in [2.75, 3.05) is 5.32 Å². The molecule has 0 unspecified atom stereocenters. The van der Waals surface area contributed by atoms with E-state index >= 15 is 0 Å². The minimum atomic E-state index is -2.29. The molecule has 2 aliphatic carbocycles. The molecule has 2 fully saturated rings. The van der Waals surface area contributed by atoms with Crippen LogP contribution in [0.3, 0.4) is 0 Å². The summed E-state index contributed by atoms with van der Waals surface area (Å²) < 4.78 is 70.0. The second kappa shape index (κ2) is 9.59. The van der Waals surface area contributed by atoms with Gasteiger partial charge in [0.2, 0.25) is 5.82 Å². The molecule has 4 aromatic rings. The number of fused-ring (bicyclic) bond motifs is 1. The Morgan fingerprint density at radius 2 is 1.62 bits per heavy atom. The van der Waals surface area contributed by atoms with Crippen molar-refractivity contribution in [1.29, 1.82) is 0 Å². The number of amides is 1. The van der Waals surface area contributed by atoms with Crippen molar-refractivity contribution < 1.29 is 26.7 Å². The number of aryl methyl sites for hydroxylation is 1. The molecule has 200 valence electrons. The van der Waals surface area contributed by atoms with Gasteiger partial charge in [0.25, 0.3) is 5.91 Å². The number of rotatable bonds is 7. The predicted octanol–water partition coefficient (Wildman–Crippen LogP) is 6.68. The van der Waals surface area contributed by atoms with Crippen LogP contribution >= 0.6 is 0 Å². The normalized spacial score (nSPS) is 15.0. The topological polar surface area (TPSA) is 58.1 Å². The zero-order valence-corrected chi connectivity index (χ0v) is 20.9. The van der Waals surface area contributed by atoms with E-state index in [4.69, 9.17) is 0 Å². The van der Waals surface area contributed by atoms with E-state index in [2.05, 4.69) is 15.3 Å². The van der Waals surface area contributed by atoms with E-state index in [1.807, 2.05) is 31.2 Å². The summed E-state index contributed by atoms with van der Waals surface area (Å²) in [5.41, 5.74) is 2.74. The lowest BCUT2D eigenvalue weighted by Gasteiger charge is -2.24. The number of carbonyl (C=O) groups is 1. The predicted molar refractivity (Wildman–Crippen MR) is 135 cm³/mol. The van der Waals surface area contributed by atoms with Gasteiger partial charge in [0.15, 0.2) is 23.3 Å². The molecule has 0 aliphatic heterocycles. The van der Waals surface area contributed by atoms with E-state index in [0.29, 0.717) is 24.4 Å². The van der Waals surface area contributed by atoms with Crippen LogP contribution < -0.4 is 5.32 Å². The highest BCUT2D eigenvalue weighted by molar-refractivity contribution is 5.96. The van der Waals surface area contributed by atoms with Gasteiger partial charge in [-0.1, -0.05) is 18.2 Å². The first-order valence-electron chi connectivity index (χ1n) is 12.7. The first-order valence-corrected chi connectivity index (χ1v) is 12.7. The Labute approximate surface area is 220 Å². The molecule has 6 rings (SSSR count). The number of nitrogens with zero attached hydrogens (tertiary/aromatic N) is 3. The molecule has 39 heavy (non-hydrogen) atoms. The summed E-state index contributed by atoms with van der Waals surface area (Å²) in [5, 5.41) is 4.30. The van der Waals surface area contributed by atoms with E-state index in [1.165, 1.54) is 11.2 Å². The quantitative estimate of drug-likeness (QED) is 0.162. The number of carbonyl (C=O) groups excluding carboxylic acids is 1. The smallest absolute Gasteiger partial charge is 0.260 e. The van der Waals surface area contributed by atoms with Crippen molar-refractivity contribution in [3.8, 4) is 11.1 Å². The molecule has 1 N–H and O–H groups in total. The molecule has 10 heteroatoms. The van der Waals surface area contributed by atoms with Crippen molar-refractivity contribution in [3.63, 3.8) is 0 Å². The maximum atomic E-state index is 14.4. The summed E-state index contributed by atoms with van der Waals surface area (Å²) in [4.78, 5) is 23.1. The van der Waals surface area contributed by atoms with Crippen LogP contribution in [0.4, 0.5) is 27.8 Å². The molecule has 5 nitrogen and oxygen atoms in total. The SMILES string of the molecule is Cc1cc2ncnc(NC3CC3)c2cc1-c1cccc(CN(C(=O)c2c(F)c(F)c(F)c(F)c2F)C2CC2)c1. The molecule has 1 aromatic heterocycles. The number of anilines is 1. The molecule has 2 aliphatic rings. The molecule has 0 spiro atoms. The van der Waals surface area contributed by atoms with Gasteiger partial charge in [-0.2, -0.15) is 0 Å². The van der Waals surface area contributed by atoms with Crippen molar-refractivity contribution >= 4 is 22.6 Å². The Hall–Kier alpha value is -4.08. The van der Waals surface area contributed by atoms with E-state index in [1.54, 1.807) is 12.1 Å². The highest BCUT2D eigenvalue weighted by atomic mass is 19.2. The van der Waals surface area contributed by atoms with Crippen LogP contribution in [0.2, 0.25) is 0 Å². The summed E-state index contributed by atoms with van der Waals surface area (Å²) in [6, 6.07) is 11.3.